The molecule has 0 radical (unpaired) electrons. The summed E-state index contributed by atoms with van der Waals surface area (Å²) in [6.07, 6.45) is -4.21. The molecule has 0 fully saturated rings. The molecule has 0 amide bonds. The molecule has 0 saturated carbocycles. The summed E-state index contributed by atoms with van der Waals surface area (Å²) in [5.74, 6) is 0.598. The summed E-state index contributed by atoms with van der Waals surface area (Å²) in [5.41, 5.74) is 1.70. The molecule has 0 spiro atoms. The number of aryl methyl sites for hydroxylation is 1. The molecule has 18 heavy (non-hydrogen) atoms. The van der Waals surface area contributed by atoms with Crippen LogP contribution >= 0.6 is 0 Å². The van der Waals surface area contributed by atoms with Crippen LogP contribution < -0.4 is 5.32 Å². The van der Waals surface area contributed by atoms with Gasteiger partial charge in [0, 0.05) is 7.05 Å². The molecular weight excluding hydrogens is 243 g/mol. The Morgan fingerprint density at radius 3 is 2.61 bits per heavy atom. The molecule has 2 rings (SSSR count). The molecule has 0 aliphatic carbocycles. The number of halogens is 3. The third-order valence-electron chi connectivity index (χ3n) is 2.82. The van der Waals surface area contributed by atoms with Gasteiger partial charge in [-0.1, -0.05) is 12.1 Å². The number of rotatable bonds is 3. The molecule has 0 aliphatic heterocycles. The lowest BCUT2D eigenvalue weighted by Gasteiger charge is -2.15. The standard InChI is InChI=1S/C12H14F3N3/c1-8(16-7-12(13,14)15)11-17-9-5-3-4-6-10(9)18(11)2/h3-6,8,16H,7H2,1-2H3. The minimum absolute atomic E-state index is 0.455. The summed E-state index contributed by atoms with van der Waals surface area (Å²) >= 11 is 0. The predicted molar refractivity (Wildman–Crippen MR) is 63.2 cm³/mol. The van der Waals surface area contributed by atoms with Crippen molar-refractivity contribution in [3.05, 3.63) is 30.1 Å². The van der Waals surface area contributed by atoms with E-state index in [4.69, 9.17) is 0 Å². The monoisotopic (exact) mass is 257 g/mol. The van der Waals surface area contributed by atoms with Crippen molar-refractivity contribution in [3.8, 4) is 0 Å². The molecule has 0 aliphatic rings. The highest BCUT2D eigenvalue weighted by Crippen LogP contribution is 2.20. The van der Waals surface area contributed by atoms with Crippen LogP contribution in [0.15, 0.2) is 24.3 Å². The molecule has 0 bridgehead atoms. The molecule has 1 atom stereocenters. The van der Waals surface area contributed by atoms with Crippen LogP contribution in [0.5, 0.6) is 0 Å². The van der Waals surface area contributed by atoms with Gasteiger partial charge in [-0.05, 0) is 19.1 Å². The molecular formula is C12H14F3N3. The number of aromatic nitrogens is 2. The van der Waals surface area contributed by atoms with E-state index in [-0.39, 0.29) is 0 Å². The fourth-order valence-electron chi connectivity index (χ4n) is 1.91. The lowest BCUT2D eigenvalue weighted by molar-refractivity contribution is -0.126. The van der Waals surface area contributed by atoms with E-state index in [1.807, 2.05) is 28.8 Å². The second-order valence-corrected chi connectivity index (χ2v) is 4.24. The molecule has 98 valence electrons. The largest absolute Gasteiger partial charge is 0.401 e. The Labute approximate surface area is 103 Å². The fraction of sp³-hybridized carbons (Fsp3) is 0.417. The van der Waals surface area contributed by atoms with Crippen LogP contribution in [-0.2, 0) is 7.05 Å². The molecule has 0 saturated heterocycles. The smallest absolute Gasteiger partial charge is 0.330 e. The number of alkyl halides is 3. The Balaban J connectivity index is 2.23. The normalized spacial score (nSPS) is 14.1. The van der Waals surface area contributed by atoms with E-state index in [9.17, 15) is 13.2 Å². The van der Waals surface area contributed by atoms with Gasteiger partial charge in [0.05, 0.1) is 23.6 Å². The van der Waals surface area contributed by atoms with Crippen molar-refractivity contribution >= 4 is 11.0 Å². The maximum atomic E-state index is 12.1. The van der Waals surface area contributed by atoms with Crippen LogP contribution in [-0.4, -0.2) is 22.3 Å². The zero-order valence-corrected chi connectivity index (χ0v) is 10.1. The highest BCUT2D eigenvalue weighted by molar-refractivity contribution is 5.75. The SMILES string of the molecule is CC(NCC(F)(F)F)c1nc2ccccc2n1C. The summed E-state index contributed by atoms with van der Waals surface area (Å²) < 4.78 is 38.3. The molecule has 6 heteroatoms. The van der Waals surface area contributed by atoms with Gasteiger partial charge < -0.3 is 4.57 Å². The number of fused-ring (bicyclic) bond motifs is 1. The number of imidazole rings is 1. The zero-order valence-electron chi connectivity index (χ0n) is 10.1. The van der Waals surface area contributed by atoms with Gasteiger partial charge in [-0.25, -0.2) is 4.98 Å². The van der Waals surface area contributed by atoms with Gasteiger partial charge in [0.2, 0.25) is 0 Å². The summed E-state index contributed by atoms with van der Waals surface area (Å²) in [5, 5.41) is 2.43. The Morgan fingerprint density at radius 2 is 2.00 bits per heavy atom. The topological polar surface area (TPSA) is 29.9 Å². The van der Waals surface area contributed by atoms with E-state index in [0.29, 0.717) is 5.82 Å². The van der Waals surface area contributed by atoms with E-state index in [1.54, 1.807) is 14.0 Å². The second kappa shape index (κ2) is 4.61. The quantitative estimate of drug-likeness (QED) is 0.916. The first-order valence-corrected chi connectivity index (χ1v) is 5.60. The molecule has 3 nitrogen and oxygen atoms in total. The van der Waals surface area contributed by atoms with Crippen molar-refractivity contribution < 1.29 is 13.2 Å². The molecule has 1 aromatic carbocycles. The number of nitrogens with one attached hydrogen (secondary N) is 1. The van der Waals surface area contributed by atoms with Gasteiger partial charge in [-0.2, -0.15) is 13.2 Å². The number of hydrogen-bond donors (Lipinski definition) is 1. The van der Waals surface area contributed by atoms with Crippen LogP contribution in [0.3, 0.4) is 0 Å². The van der Waals surface area contributed by atoms with E-state index >= 15 is 0 Å². The first-order valence-electron chi connectivity index (χ1n) is 5.60. The molecule has 1 N–H and O–H groups in total. The van der Waals surface area contributed by atoms with Crippen LogP contribution in [0.1, 0.15) is 18.8 Å². The van der Waals surface area contributed by atoms with Crippen molar-refractivity contribution in [2.75, 3.05) is 6.54 Å². The van der Waals surface area contributed by atoms with Crippen molar-refractivity contribution in [1.29, 1.82) is 0 Å². The minimum atomic E-state index is -4.21. The highest BCUT2D eigenvalue weighted by Gasteiger charge is 2.28. The van der Waals surface area contributed by atoms with Gasteiger partial charge in [0.15, 0.2) is 0 Å². The summed E-state index contributed by atoms with van der Waals surface area (Å²) in [7, 11) is 1.80. The Hall–Kier alpha value is -1.56. The minimum Gasteiger partial charge on any atom is -0.330 e. The second-order valence-electron chi connectivity index (χ2n) is 4.24. The highest BCUT2D eigenvalue weighted by atomic mass is 19.4. The van der Waals surface area contributed by atoms with E-state index in [2.05, 4.69) is 10.3 Å². The number of benzene rings is 1. The van der Waals surface area contributed by atoms with E-state index in [1.165, 1.54) is 0 Å². The van der Waals surface area contributed by atoms with Crippen molar-refractivity contribution in [3.63, 3.8) is 0 Å². The van der Waals surface area contributed by atoms with E-state index < -0.39 is 18.8 Å². The zero-order chi connectivity index (χ0) is 13.3. The Bertz CT molecular complexity index is 545. The van der Waals surface area contributed by atoms with Crippen molar-refractivity contribution in [2.24, 2.45) is 7.05 Å². The van der Waals surface area contributed by atoms with Gasteiger partial charge in [-0.3, -0.25) is 5.32 Å². The van der Waals surface area contributed by atoms with Gasteiger partial charge in [-0.15, -0.1) is 0 Å². The number of hydrogen-bond acceptors (Lipinski definition) is 2. The molecule has 1 unspecified atom stereocenters. The van der Waals surface area contributed by atoms with Crippen LogP contribution in [0.4, 0.5) is 13.2 Å². The van der Waals surface area contributed by atoms with Gasteiger partial charge in [0.25, 0.3) is 0 Å². The van der Waals surface area contributed by atoms with Crippen LogP contribution in [0.25, 0.3) is 11.0 Å². The summed E-state index contributed by atoms with van der Waals surface area (Å²) in [4.78, 5) is 4.35. The third-order valence-corrected chi connectivity index (χ3v) is 2.82. The van der Waals surface area contributed by atoms with Crippen LogP contribution in [0.2, 0.25) is 0 Å². The predicted octanol–water partition coefficient (Wildman–Crippen LogP) is 2.79. The summed E-state index contributed by atoms with van der Waals surface area (Å²) in [6.45, 7) is 0.657. The van der Waals surface area contributed by atoms with Crippen molar-refractivity contribution in [2.45, 2.75) is 19.1 Å². The first-order chi connectivity index (χ1) is 8.38. The van der Waals surface area contributed by atoms with Crippen LogP contribution in [0, 0.1) is 0 Å². The molecule has 1 heterocycles. The average Bonchev–Trinajstić information content (AvgIpc) is 2.64. The van der Waals surface area contributed by atoms with E-state index in [0.717, 1.165) is 11.0 Å². The Morgan fingerprint density at radius 1 is 1.33 bits per heavy atom. The number of para-hydroxylation sites is 2. The molecule has 2 aromatic rings. The number of nitrogens with zero attached hydrogens (tertiary/aromatic N) is 2. The average molecular weight is 257 g/mol. The van der Waals surface area contributed by atoms with Crippen molar-refractivity contribution in [1.82, 2.24) is 14.9 Å². The van der Waals surface area contributed by atoms with Gasteiger partial charge in [0.1, 0.15) is 5.82 Å². The lowest BCUT2D eigenvalue weighted by Crippen LogP contribution is -2.31. The summed E-state index contributed by atoms with van der Waals surface area (Å²) in [6, 6.07) is 7.01. The first kappa shape index (κ1) is 12.9. The fourth-order valence-corrected chi connectivity index (χ4v) is 1.91. The Kier molecular flexibility index (Phi) is 3.30. The maximum Gasteiger partial charge on any atom is 0.401 e. The third kappa shape index (κ3) is 2.64. The lowest BCUT2D eigenvalue weighted by atomic mass is 10.3. The molecule has 1 aromatic heterocycles. The maximum absolute atomic E-state index is 12.1. The van der Waals surface area contributed by atoms with Gasteiger partial charge >= 0.3 is 6.18 Å².